The first kappa shape index (κ1) is 23.1. The summed E-state index contributed by atoms with van der Waals surface area (Å²) in [6.07, 6.45) is 0.180. The van der Waals surface area contributed by atoms with Crippen molar-refractivity contribution in [3.05, 3.63) is 57.7 Å². The van der Waals surface area contributed by atoms with Crippen LogP contribution in [0.2, 0.25) is 0 Å². The van der Waals surface area contributed by atoms with Gasteiger partial charge in [-0.3, -0.25) is 23.7 Å². The molecule has 33 heavy (non-hydrogen) atoms. The third-order valence-corrected chi connectivity index (χ3v) is 7.71. The number of amides is 1. The van der Waals surface area contributed by atoms with Crippen LogP contribution in [0.25, 0.3) is 10.2 Å². The highest BCUT2D eigenvalue weighted by atomic mass is 32.2. The average molecular weight is 490 g/mol. The Morgan fingerprint density at radius 2 is 1.88 bits per heavy atom. The third-order valence-electron chi connectivity index (χ3n) is 5.38. The number of carbonyl (C=O) groups is 2. The molecule has 0 radical (unpaired) electrons. The average Bonchev–Trinajstić information content (AvgIpc) is 3.12. The molecule has 9 nitrogen and oxygen atoms in total. The van der Waals surface area contributed by atoms with Crippen LogP contribution in [0, 0.1) is 0 Å². The SMILES string of the molecule is CC(=O)c1cccc(NS(=O)(=O)c2ccc3c(c2)sc(=O)n3CCC(=O)N2CCOCC2)c1. The molecule has 1 aromatic heterocycles. The van der Waals surface area contributed by atoms with Crippen molar-refractivity contribution in [2.45, 2.75) is 24.8 Å². The Morgan fingerprint density at radius 3 is 2.61 bits per heavy atom. The van der Waals surface area contributed by atoms with Gasteiger partial charge in [0.05, 0.1) is 28.3 Å². The fraction of sp³-hybridized carbons (Fsp3) is 0.318. The summed E-state index contributed by atoms with van der Waals surface area (Å²) in [5.74, 6) is -0.212. The number of sulfonamides is 1. The van der Waals surface area contributed by atoms with Crippen molar-refractivity contribution in [3.63, 3.8) is 0 Å². The summed E-state index contributed by atoms with van der Waals surface area (Å²) in [6, 6.07) is 10.7. The molecule has 174 valence electrons. The number of morpholine rings is 1. The Kier molecular flexibility index (Phi) is 6.63. The molecular weight excluding hydrogens is 466 g/mol. The molecule has 3 aromatic rings. The summed E-state index contributed by atoms with van der Waals surface area (Å²) in [5, 5.41) is 0. The van der Waals surface area contributed by atoms with Gasteiger partial charge in [-0.05, 0) is 37.3 Å². The molecule has 1 aliphatic rings. The van der Waals surface area contributed by atoms with E-state index in [1.807, 2.05) is 0 Å². The molecule has 0 atom stereocenters. The number of anilines is 1. The largest absolute Gasteiger partial charge is 0.378 e. The number of ketones is 1. The van der Waals surface area contributed by atoms with Crippen molar-refractivity contribution >= 4 is 49.0 Å². The number of ether oxygens (including phenoxy) is 1. The number of nitrogens with zero attached hydrogens (tertiary/aromatic N) is 2. The number of carbonyl (C=O) groups excluding carboxylic acids is 2. The molecule has 4 rings (SSSR count). The van der Waals surface area contributed by atoms with Gasteiger partial charge in [-0.15, -0.1) is 0 Å². The molecule has 0 aliphatic carbocycles. The smallest absolute Gasteiger partial charge is 0.308 e. The Bertz CT molecular complexity index is 1370. The van der Waals surface area contributed by atoms with Gasteiger partial charge in [-0.25, -0.2) is 8.42 Å². The fourth-order valence-electron chi connectivity index (χ4n) is 3.62. The van der Waals surface area contributed by atoms with Gasteiger partial charge in [0, 0.05) is 37.3 Å². The predicted molar refractivity (Wildman–Crippen MR) is 125 cm³/mol. The molecular formula is C22H23N3O6S2. The number of rotatable bonds is 7. The summed E-state index contributed by atoms with van der Waals surface area (Å²) in [7, 11) is -3.93. The normalized spacial score (nSPS) is 14.4. The van der Waals surface area contributed by atoms with E-state index in [9.17, 15) is 22.8 Å². The number of fused-ring (bicyclic) bond motifs is 1. The molecule has 0 saturated carbocycles. The summed E-state index contributed by atoms with van der Waals surface area (Å²) < 4.78 is 35.5. The maximum Gasteiger partial charge on any atom is 0.308 e. The lowest BCUT2D eigenvalue weighted by Crippen LogP contribution is -2.41. The number of hydrogen-bond acceptors (Lipinski definition) is 7. The van der Waals surface area contributed by atoms with Crippen LogP contribution >= 0.6 is 11.3 Å². The zero-order valence-electron chi connectivity index (χ0n) is 17.9. The molecule has 0 bridgehead atoms. The van der Waals surface area contributed by atoms with Crippen LogP contribution < -0.4 is 9.60 Å². The van der Waals surface area contributed by atoms with Crippen molar-refractivity contribution in [3.8, 4) is 0 Å². The quantitative estimate of drug-likeness (QED) is 0.510. The van der Waals surface area contributed by atoms with Gasteiger partial charge in [0.15, 0.2) is 5.78 Å². The van der Waals surface area contributed by atoms with Crippen LogP contribution in [0.4, 0.5) is 5.69 Å². The molecule has 0 unspecified atom stereocenters. The third kappa shape index (κ3) is 5.15. The van der Waals surface area contributed by atoms with Crippen LogP contribution in [0.3, 0.4) is 0 Å². The van der Waals surface area contributed by atoms with E-state index >= 15 is 0 Å². The van der Waals surface area contributed by atoms with Crippen LogP contribution in [-0.2, 0) is 26.1 Å². The van der Waals surface area contributed by atoms with E-state index < -0.39 is 10.0 Å². The minimum Gasteiger partial charge on any atom is -0.378 e. The zero-order chi connectivity index (χ0) is 23.6. The number of benzene rings is 2. The maximum absolute atomic E-state index is 12.9. The van der Waals surface area contributed by atoms with Crippen molar-refractivity contribution in [2.24, 2.45) is 0 Å². The van der Waals surface area contributed by atoms with Crippen molar-refractivity contribution in [1.82, 2.24) is 9.47 Å². The second-order valence-electron chi connectivity index (χ2n) is 7.63. The highest BCUT2D eigenvalue weighted by Crippen LogP contribution is 2.24. The minimum atomic E-state index is -3.93. The molecule has 1 N–H and O–H groups in total. The molecule has 1 fully saturated rings. The van der Waals surface area contributed by atoms with E-state index in [1.165, 1.54) is 29.7 Å². The summed E-state index contributed by atoms with van der Waals surface area (Å²) in [6.45, 7) is 3.73. The van der Waals surface area contributed by atoms with Gasteiger partial charge >= 0.3 is 4.87 Å². The summed E-state index contributed by atoms with van der Waals surface area (Å²) in [5.41, 5.74) is 1.25. The van der Waals surface area contributed by atoms with E-state index in [2.05, 4.69) is 4.72 Å². The number of aromatic nitrogens is 1. The summed E-state index contributed by atoms with van der Waals surface area (Å²) in [4.78, 5) is 38.0. The second kappa shape index (κ2) is 9.46. The lowest BCUT2D eigenvalue weighted by molar-refractivity contribution is -0.135. The molecule has 1 amide bonds. The highest BCUT2D eigenvalue weighted by Gasteiger charge is 2.20. The molecule has 2 aromatic carbocycles. The molecule has 0 spiro atoms. The van der Waals surface area contributed by atoms with E-state index in [1.54, 1.807) is 29.2 Å². The van der Waals surface area contributed by atoms with Gasteiger partial charge in [-0.1, -0.05) is 23.5 Å². The lowest BCUT2D eigenvalue weighted by atomic mass is 10.1. The topological polar surface area (TPSA) is 115 Å². The Morgan fingerprint density at radius 1 is 1.12 bits per heavy atom. The van der Waals surface area contributed by atoms with Crippen LogP contribution in [0.5, 0.6) is 0 Å². The van der Waals surface area contributed by atoms with E-state index in [4.69, 9.17) is 4.74 Å². The molecule has 1 saturated heterocycles. The monoisotopic (exact) mass is 489 g/mol. The molecule has 2 heterocycles. The van der Waals surface area contributed by atoms with E-state index in [0.717, 1.165) is 11.3 Å². The van der Waals surface area contributed by atoms with Crippen LogP contribution in [-0.4, -0.2) is 55.9 Å². The first-order valence-corrected chi connectivity index (χ1v) is 12.7. The number of nitrogens with one attached hydrogen (secondary N) is 1. The van der Waals surface area contributed by atoms with Gasteiger partial charge in [0.1, 0.15) is 0 Å². The standard InChI is InChI=1S/C22H23N3O6S2/c1-15(26)16-3-2-4-17(13-16)23-33(29,30)18-5-6-19-20(14-18)32-22(28)25(19)8-7-21(27)24-9-11-31-12-10-24/h2-6,13-14,23H,7-12H2,1H3. The van der Waals surface area contributed by atoms with Gasteiger partial charge in [0.25, 0.3) is 10.0 Å². The van der Waals surface area contributed by atoms with Gasteiger partial charge in [0.2, 0.25) is 5.91 Å². The molecule has 1 aliphatic heterocycles. The number of aryl methyl sites for hydroxylation is 1. The van der Waals surface area contributed by atoms with Crippen molar-refractivity contribution in [2.75, 3.05) is 31.0 Å². The van der Waals surface area contributed by atoms with Crippen molar-refractivity contribution in [1.29, 1.82) is 0 Å². The van der Waals surface area contributed by atoms with E-state index in [-0.39, 0.29) is 40.1 Å². The Hall–Kier alpha value is -3.02. The number of thiazole rings is 1. The Labute approximate surface area is 194 Å². The number of Topliss-reactive ketones (excluding diaryl/α,β-unsaturated/α-hetero) is 1. The predicted octanol–water partition coefficient (Wildman–Crippen LogP) is 2.32. The first-order chi connectivity index (χ1) is 15.7. The first-order valence-electron chi connectivity index (χ1n) is 10.4. The second-order valence-corrected chi connectivity index (χ2v) is 10.3. The Balaban J connectivity index is 1.53. The van der Waals surface area contributed by atoms with Crippen molar-refractivity contribution < 1.29 is 22.7 Å². The molecule has 11 heteroatoms. The fourth-order valence-corrected chi connectivity index (χ4v) is 5.73. The van der Waals surface area contributed by atoms with Crippen LogP contribution in [0.15, 0.2) is 52.2 Å². The van der Waals surface area contributed by atoms with Gasteiger partial charge < -0.3 is 9.64 Å². The minimum absolute atomic E-state index is 0.000946. The highest BCUT2D eigenvalue weighted by molar-refractivity contribution is 7.92. The lowest BCUT2D eigenvalue weighted by Gasteiger charge is -2.26. The number of hydrogen-bond donors (Lipinski definition) is 1. The zero-order valence-corrected chi connectivity index (χ0v) is 19.6. The van der Waals surface area contributed by atoms with Crippen LogP contribution in [0.1, 0.15) is 23.7 Å². The summed E-state index contributed by atoms with van der Waals surface area (Å²) >= 11 is 0.935. The van der Waals surface area contributed by atoms with Gasteiger partial charge in [-0.2, -0.15) is 0 Å². The maximum atomic E-state index is 12.9. The van der Waals surface area contributed by atoms with E-state index in [0.29, 0.717) is 42.1 Å².